The Balaban J connectivity index is 0.00000144. The molecule has 1 aliphatic heterocycles. The van der Waals surface area contributed by atoms with Crippen molar-refractivity contribution in [1.82, 2.24) is 9.88 Å². The largest absolute Gasteiger partial charge is 0.497 e. The minimum atomic E-state index is 0. The predicted octanol–water partition coefficient (Wildman–Crippen LogP) is 1.35. The Labute approximate surface area is 109 Å². The zero-order valence-corrected chi connectivity index (χ0v) is 11.2. The van der Waals surface area contributed by atoms with Crippen molar-refractivity contribution in [3.8, 4) is 5.75 Å². The molecule has 1 aromatic heterocycles. The quantitative estimate of drug-likeness (QED) is 0.888. The zero-order valence-electron chi connectivity index (χ0n) is 10.3. The molecule has 17 heavy (non-hydrogen) atoms. The third kappa shape index (κ3) is 3.84. The Morgan fingerprint density at radius 2 is 2.29 bits per heavy atom. The number of hydrogen-bond donors (Lipinski definition) is 1. The first-order chi connectivity index (χ1) is 7.67. The molecule has 1 fully saturated rings. The van der Waals surface area contributed by atoms with Gasteiger partial charge in [0, 0.05) is 43.5 Å². The van der Waals surface area contributed by atoms with Gasteiger partial charge in [0.1, 0.15) is 5.75 Å². The molecule has 0 spiro atoms. The highest BCUT2D eigenvalue weighted by Gasteiger charge is 2.19. The molecule has 0 bridgehead atoms. The summed E-state index contributed by atoms with van der Waals surface area (Å²) in [5, 5.41) is 0. The lowest BCUT2D eigenvalue weighted by Crippen LogP contribution is -2.26. The number of nitrogens with zero attached hydrogens (tertiary/aromatic N) is 2. The molecule has 0 aromatic carbocycles. The lowest BCUT2D eigenvalue weighted by molar-refractivity contribution is 0.321. The molecule has 0 radical (unpaired) electrons. The molecule has 96 valence electrons. The highest BCUT2D eigenvalue weighted by molar-refractivity contribution is 5.85. The van der Waals surface area contributed by atoms with E-state index in [0.717, 1.165) is 43.2 Å². The van der Waals surface area contributed by atoms with Crippen molar-refractivity contribution in [2.75, 3.05) is 20.2 Å². The van der Waals surface area contributed by atoms with Crippen molar-refractivity contribution in [2.24, 2.45) is 5.73 Å². The van der Waals surface area contributed by atoms with Crippen molar-refractivity contribution >= 4 is 12.4 Å². The number of aryl methyl sites for hydroxylation is 1. The predicted molar refractivity (Wildman–Crippen MR) is 70.6 cm³/mol. The van der Waals surface area contributed by atoms with E-state index >= 15 is 0 Å². The van der Waals surface area contributed by atoms with Crippen LogP contribution in [0.3, 0.4) is 0 Å². The summed E-state index contributed by atoms with van der Waals surface area (Å²) in [5.74, 6) is 0.881. The van der Waals surface area contributed by atoms with E-state index < -0.39 is 0 Å². The van der Waals surface area contributed by atoms with Crippen LogP contribution in [0.4, 0.5) is 0 Å². The number of hydrogen-bond acceptors (Lipinski definition) is 4. The summed E-state index contributed by atoms with van der Waals surface area (Å²) in [6.07, 6.45) is 1.09. The van der Waals surface area contributed by atoms with Crippen LogP contribution in [0.1, 0.15) is 17.8 Å². The van der Waals surface area contributed by atoms with Crippen LogP contribution < -0.4 is 10.5 Å². The molecule has 2 heterocycles. The second-order valence-electron chi connectivity index (χ2n) is 4.42. The minimum Gasteiger partial charge on any atom is -0.497 e. The first-order valence-electron chi connectivity index (χ1n) is 5.67. The summed E-state index contributed by atoms with van der Waals surface area (Å²) in [5.41, 5.74) is 7.94. The van der Waals surface area contributed by atoms with Crippen molar-refractivity contribution in [2.45, 2.75) is 25.9 Å². The normalized spacial score (nSPS) is 20.1. The lowest BCUT2D eigenvalue weighted by Gasteiger charge is -2.15. The van der Waals surface area contributed by atoms with E-state index in [1.807, 2.05) is 19.1 Å². The molecule has 4 nitrogen and oxygen atoms in total. The second-order valence-corrected chi connectivity index (χ2v) is 4.42. The minimum absolute atomic E-state index is 0. The van der Waals surface area contributed by atoms with Gasteiger partial charge >= 0.3 is 0 Å². The lowest BCUT2D eigenvalue weighted by atomic mass is 10.3. The number of aromatic nitrogens is 1. The van der Waals surface area contributed by atoms with Crippen molar-refractivity contribution in [3.05, 3.63) is 23.5 Å². The van der Waals surface area contributed by atoms with E-state index in [1.165, 1.54) is 0 Å². The molecule has 0 aliphatic carbocycles. The van der Waals surface area contributed by atoms with Crippen LogP contribution in [0.15, 0.2) is 12.1 Å². The van der Waals surface area contributed by atoms with Gasteiger partial charge in [0.2, 0.25) is 0 Å². The van der Waals surface area contributed by atoms with Gasteiger partial charge in [-0.1, -0.05) is 0 Å². The Kier molecular flexibility index (Phi) is 5.18. The van der Waals surface area contributed by atoms with E-state index in [9.17, 15) is 0 Å². The Morgan fingerprint density at radius 3 is 2.88 bits per heavy atom. The van der Waals surface area contributed by atoms with E-state index in [2.05, 4.69) is 9.88 Å². The highest BCUT2D eigenvalue weighted by atomic mass is 35.5. The molecule has 0 amide bonds. The smallest absolute Gasteiger partial charge is 0.122 e. The van der Waals surface area contributed by atoms with Gasteiger partial charge in [-0.25, -0.2) is 0 Å². The van der Waals surface area contributed by atoms with Crippen molar-refractivity contribution < 1.29 is 4.74 Å². The number of halogens is 1. The van der Waals surface area contributed by atoms with Gasteiger partial charge in [-0.3, -0.25) is 9.88 Å². The molecule has 5 heteroatoms. The SMILES string of the molecule is COc1cc(C)nc(CN2CC[C@H](N)C2)c1.Cl. The average Bonchev–Trinajstić information content (AvgIpc) is 2.63. The topological polar surface area (TPSA) is 51.4 Å². The third-order valence-electron chi connectivity index (χ3n) is 2.91. The number of rotatable bonds is 3. The van der Waals surface area contributed by atoms with E-state index in [0.29, 0.717) is 6.04 Å². The maximum atomic E-state index is 5.88. The molecular weight excluding hydrogens is 238 g/mol. The van der Waals surface area contributed by atoms with Gasteiger partial charge < -0.3 is 10.5 Å². The fraction of sp³-hybridized carbons (Fsp3) is 0.583. The molecule has 1 aromatic rings. The van der Waals surface area contributed by atoms with Gasteiger partial charge in [0.15, 0.2) is 0 Å². The van der Waals surface area contributed by atoms with E-state index in [4.69, 9.17) is 10.5 Å². The van der Waals surface area contributed by atoms with Gasteiger partial charge in [-0.05, 0) is 13.3 Å². The molecule has 2 rings (SSSR count). The fourth-order valence-electron chi connectivity index (χ4n) is 2.14. The molecular formula is C12H20ClN3O. The van der Waals surface area contributed by atoms with E-state index in [1.54, 1.807) is 7.11 Å². The fourth-order valence-corrected chi connectivity index (χ4v) is 2.14. The number of nitrogens with two attached hydrogens (primary N) is 1. The number of pyridine rings is 1. The molecule has 1 atom stereocenters. The van der Waals surface area contributed by atoms with Crippen molar-refractivity contribution in [3.63, 3.8) is 0 Å². The average molecular weight is 258 g/mol. The van der Waals surface area contributed by atoms with Crippen LogP contribution in [-0.4, -0.2) is 36.1 Å². The molecule has 2 N–H and O–H groups in total. The highest BCUT2D eigenvalue weighted by Crippen LogP contribution is 2.16. The van der Waals surface area contributed by atoms with Crippen LogP contribution in [0.25, 0.3) is 0 Å². The number of methoxy groups -OCH3 is 1. The van der Waals surface area contributed by atoms with Gasteiger partial charge in [-0.15, -0.1) is 12.4 Å². The Hall–Kier alpha value is -0.840. The molecule has 0 saturated carbocycles. The monoisotopic (exact) mass is 257 g/mol. The summed E-state index contributed by atoms with van der Waals surface area (Å²) in [6.45, 7) is 4.89. The maximum absolute atomic E-state index is 5.88. The van der Waals surface area contributed by atoms with Crippen molar-refractivity contribution in [1.29, 1.82) is 0 Å². The van der Waals surface area contributed by atoms with Gasteiger partial charge in [0.25, 0.3) is 0 Å². The maximum Gasteiger partial charge on any atom is 0.122 e. The molecule has 1 aliphatic rings. The number of likely N-dealkylation sites (tertiary alicyclic amines) is 1. The summed E-state index contributed by atoms with van der Waals surface area (Å²) < 4.78 is 5.24. The standard InChI is InChI=1S/C12H19N3O.ClH/c1-9-5-12(16-2)6-11(14-9)8-15-4-3-10(13)7-15;/h5-6,10H,3-4,7-8,13H2,1-2H3;1H/t10-;/m0./s1. The summed E-state index contributed by atoms with van der Waals surface area (Å²) in [7, 11) is 1.68. The summed E-state index contributed by atoms with van der Waals surface area (Å²) >= 11 is 0. The first kappa shape index (κ1) is 14.2. The van der Waals surface area contributed by atoms with Gasteiger partial charge in [-0.2, -0.15) is 0 Å². The van der Waals surface area contributed by atoms with Crippen LogP contribution >= 0.6 is 12.4 Å². The van der Waals surface area contributed by atoms with Crippen LogP contribution in [-0.2, 0) is 6.54 Å². The van der Waals surface area contributed by atoms with Crippen LogP contribution in [0.5, 0.6) is 5.75 Å². The molecule has 1 saturated heterocycles. The second kappa shape index (κ2) is 6.19. The zero-order chi connectivity index (χ0) is 11.5. The van der Waals surface area contributed by atoms with Crippen LogP contribution in [0.2, 0.25) is 0 Å². The Morgan fingerprint density at radius 1 is 1.53 bits per heavy atom. The third-order valence-corrected chi connectivity index (χ3v) is 2.91. The summed E-state index contributed by atoms with van der Waals surface area (Å²) in [4.78, 5) is 6.85. The van der Waals surface area contributed by atoms with E-state index in [-0.39, 0.29) is 12.4 Å². The Bertz CT molecular complexity index is 373. The first-order valence-corrected chi connectivity index (χ1v) is 5.67. The number of ether oxygens (including phenoxy) is 1. The summed E-state index contributed by atoms with van der Waals surface area (Å²) in [6, 6.07) is 4.27. The molecule has 0 unspecified atom stereocenters. The van der Waals surface area contributed by atoms with Crippen LogP contribution in [0, 0.1) is 6.92 Å². The van der Waals surface area contributed by atoms with Gasteiger partial charge in [0.05, 0.1) is 12.8 Å².